The number of rotatable bonds is 11. The minimum Gasteiger partial charge on any atom is -0.493 e. The predicted molar refractivity (Wildman–Crippen MR) is 169 cm³/mol. The first kappa shape index (κ1) is 32.0. The lowest BCUT2D eigenvalue weighted by atomic mass is 9.88. The van der Waals surface area contributed by atoms with Crippen LogP contribution in [-0.4, -0.2) is 103 Å². The normalized spacial score (nSPS) is 21.4. The lowest BCUT2D eigenvalue weighted by Gasteiger charge is -2.39. The molecule has 3 aliphatic heterocycles. The van der Waals surface area contributed by atoms with Gasteiger partial charge in [0, 0.05) is 62.1 Å². The number of ether oxygens (including phenoxy) is 1. The molecule has 0 radical (unpaired) electrons. The van der Waals surface area contributed by atoms with Crippen LogP contribution in [0.15, 0.2) is 36.4 Å². The second kappa shape index (κ2) is 15.0. The third kappa shape index (κ3) is 7.81. The maximum atomic E-state index is 14.5. The van der Waals surface area contributed by atoms with Gasteiger partial charge in [-0.25, -0.2) is 4.39 Å². The summed E-state index contributed by atoms with van der Waals surface area (Å²) in [4.78, 5) is 22.2. The van der Waals surface area contributed by atoms with Crippen molar-refractivity contribution in [3.8, 4) is 5.75 Å². The third-order valence-corrected chi connectivity index (χ3v) is 9.74. The van der Waals surface area contributed by atoms with Crippen molar-refractivity contribution in [2.75, 3.05) is 70.5 Å². The van der Waals surface area contributed by atoms with Gasteiger partial charge in [0.05, 0.1) is 25.3 Å². The fourth-order valence-corrected chi connectivity index (χ4v) is 7.13. The van der Waals surface area contributed by atoms with Crippen LogP contribution in [0.5, 0.6) is 5.75 Å². The zero-order chi connectivity index (χ0) is 30.3. The highest BCUT2D eigenvalue weighted by atomic mass is 35.5. The summed E-state index contributed by atoms with van der Waals surface area (Å²) in [5.74, 6) is 0.536. The molecule has 1 amide bonds. The summed E-state index contributed by atoms with van der Waals surface area (Å²) in [6, 6.07) is 10.7. The fraction of sp³-hybridized carbons (Fsp3) is 0.606. The van der Waals surface area contributed by atoms with Crippen molar-refractivity contribution >= 4 is 23.2 Å². The zero-order valence-electron chi connectivity index (χ0n) is 25.4. The van der Waals surface area contributed by atoms with Crippen LogP contribution in [0.25, 0.3) is 0 Å². The Morgan fingerprint density at radius 3 is 2.56 bits per heavy atom. The van der Waals surface area contributed by atoms with Gasteiger partial charge in [-0.1, -0.05) is 17.7 Å². The minimum absolute atomic E-state index is 0.0339. The number of amides is 1. The maximum Gasteiger partial charge on any atom is 0.239 e. The van der Waals surface area contributed by atoms with E-state index in [0.29, 0.717) is 50.6 Å². The number of piperidine rings is 1. The molecule has 2 aromatic carbocycles. The minimum atomic E-state index is -0.491. The topological polar surface area (TPSA) is 85.5 Å². The standard InChI is InChI=1S/C33H47ClFN5O3/c1-2-43-31-7-3-6-29(35)28(31)22-38-17-19-39(20-18-38)33(42)32(36)24-10-14-37(15-11-24)16-12-25-21-26(34)8-9-30(25)40-13-4-5-27(40)23-41/h3,6-9,21,24,27,32,41H,2,4-5,10-20,22-23,36H2,1H3/t27-,32+/m0/s1. The number of halogens is 2. The Morgan fingerprint density at radius 1 is 1.07 bits per heavy atom. The first-order valence-corrected chi connectivity index (χ1v) is 16.3. The second-order valence-electron chi connectivity index (χ2n) is 12.2. The largest absolute Gasteiger partial charge is 0.493 e. The number of hydrogen-bond donors (Lipinski definition) is 2. The van der Waals surface area contributed by atoms with Gasteiger partial charge in [-0.05, 0) is 93.9 Å². The summed E-state index contributed by atoms with van der Waals surface area (Å²) < 4.78 is 20.2. The summed E-state index contributed by atoms with van der Waals surface area (Å²) in [5.41, 5.74) is 9.55. The summed E-state index contributed by atoms with van der Waals surface area (Å²) in [7, 11) is 0. The molecule has 3 aliphatic rings. The highest BCUT2D eigenvalue weighted by Gasteiger charge is 2.33. The molecule has 3 heterocycles. The molecule has 5 rings (SSSR count). The summed E-state index contributed by atoms with van der Waals surface area (Å²) in [6.45, 7) is 9.31. The van der Waals surface area contributed by atoms with E-state index in [2.05, 4.69) is 26.8 Å². The van der Waals surface area contributed by atoms with E-state index in [1.54, 1.807) is 6.07 Å². The Hall–Kier alpha value is -2.43. The molecule has 0 unspecified atom stereocenters. The number of aliphatic hydroxyl groups excluding tert-OH is 1. The quantitative estimate of drug-likeness (QED) is 0.398. The molecule has 43 heavy (non-hydrogen) atoms. The van der Waals surface area contributed by atoms with Crippen molar-refractivity contribution in [1.29, 1.82) is 0 Å². The molecule has 0 bridgehead atoms. The number of aliphatic hydroxyl groups is 1. The molecule has 0 aliphatic carbocycles. The number of carbonyl (C=O) groups is 1. The molecule has 3 saturated heterocycles. The van der Waals surface area contributed by atoms with Crippen molar-refractivity contribution < 1.29 is 19.0 Å². The number of nitrogens with two attached hydrogens (primary N) is 1. The number of nitrogens with zero attached hydrogens (tertiary/aromatic N) is 4. The van der Waals surface area contributed by atoms with Crippen LogP contribution >= 0.6 is 11.6 Å². The molecule has 2 atom stereocenters. The maximum absolute atomic E-state index is 14.5. The monoisotopic (exact) mass is 615 g/mol. The van der Waals surface area contributed by atoms with Gasteiger partial charge in [-0.3, -0.25) is 9.69 Å². The first-order chi connectivity index (χ1) is 20.9. The molecule has 8 nitrogen and oxygen atoms in total. The molecule has 236 valence electrons. The summed E-state index contributed by atoms with van der Waals surface area (Å²) >= 11 is 6.38. The average Bonchev–Trinajstić information content (AvgIpc) is 3.50. The molecular formula is C33H47ClFN5O3. The predicted octanol–water partition coefficient (Wildman–Crippen LogP) is 3.77. The van der Waals surface area contributed by atoms with Gasteiger partial charge in [0.15, 0.2) is 0 Å². The van der Waals surface area contributed by atoms with Crippen molar-refractivity contribution in [2.45, 2.75) is 57.7 Å². The molecule has 0 aromatic heterocycles. The Balaban J connectivity index is 1.08. The number of carbonyl (C=O) groups excluding carboxylic acids is 1. The van der Waals surface area contributed by atoms with E-state index in [1.165, 1.54) is 17.3 Å². The molecule has 3 fully saturated rings. The molecule has 0 spiro atoms. The molecule has 10 heteroatoms. The van der Waals surface area contributed by atoms with Crippen LogP contribution in [0.1, 0.15) is 43.7 Å². The molecule has 2 aromatic rings. The van der Waals surface area contributed by atoms with Crippen molar-refractivity contribution in [3.05, 3.63) is 58.4 Å². The van der Waals surface area contributed by atoms with E-state index < -0.39 is 6.04 Å². The highest BCUT2D eigenvalue weighted by molar-refractivity contribution is 6.30. The fourth-order valence-electron chi connectivity index (χ4n) is 6.94. The van der Waals surface area contributed by atoms with Crippen LogP contribution < -0.4 is 15.4 Å². The van der Waals surface area contributed by atoms with Gasteiger partial charge >= 0.3 is 0 Å². The third-order valence-electron chi connectivity index (χ3n) is 9.50. The second-order valence-corrected chi connectivity index (χ2v) is 12.6. The van der Waals surface area contributed by atoms with E-state index >= 15 is 0 Å². The van der Waals surface area contributed by atoms with Gasteiger partial charge in [-0.15, -0.1) is 0 Å². The highest BCUT2D eigenvalue weighted by Crippen LogP contribution is 2.32. The Labute approximate surface area is 260 Å². The van der Waals surface area contributed by atoms with Crippen molar-refractivity contribution in [3.63, 3.8) is 0 Å². The number of likely N-dealkylation sites (tertiary alicyclic amines) is 1. The molecular weight excluding hydrogens is 569 g/mol. The van der Waals surface area contributed by atoms with Crippen LogP contribution in [0.3, 0.4) is 0 Å². The number of piperazine rings is 1. The number of hydrogen-bond acceptors (Lipinski definition) is 7. The molecule has 0 saturated carbocycles. The van der Waals surface area contributed by atoms with E-state index in [0.717, 1.165) is 63.3 Å². The van der Waals surface area contributed by atoms with Gasteiger partial charge in [-0.2, -0.15) is 0 Å². The SMILES string of the molecule is CCOc1cccc(F)c1CN1CCN(C(=O)[C@H](N)C2CCN(CCc3cc(Cl)ccc3N3CCC[C@H]3CO)CC2)CC1. The average molecular weight is 616 g/mol. The lowest BCUT2D eigenvalue weighted by molar-refractivity contribution is -0.136. The smallest absolute Gasteiger partial charge is 0.239 e. The van der Waals surface area contributed by atoms with Gasteiger partial charge in [0.1, 0.15) is 11.6 Å². The van der Waals surface area contributed by atoms with Gasteiger partial charge < -0.3 is 30.3 Å². The lowest BCUT2D eigenvalue weighted by Crippen LogP contribution is -2.55. The van der Waals surface area contributed by atoms with Crippen molar-refractivity contribution in [1.82, 2.24) is 14.7 Å². The van der Waals surface area contributed by atoms with E-state index in [-0.39, 0.29) is 30.3 Å². The van der Waals surface area contributed by atoms with E-state index in [1.807, 2.05) is 24.0 Å². The van der Waals surface area contributed by atoms with Crippen LogP contribution in [0.2, 0.25) is 5.02 Å². The first-order valence-electron chi connectivity index (χ1n) is 15.9. The Bertz CT molecular complexity index is 1220. The van der Waals surface area contributed by atoms with Crippen LogP contribution in [0.4, 0.5) is 10.1 Å². The van der Waals surface area contributed by atoms with E-state index in [4.69, 9.17) is 22.1 Å². The van der Waals surface area contributed by atoms with E-state index in [9.17, 15) is 14.3 Å². The zero-order valence-corrected chi connectivity index (χ0v) is 26.2. The van der Waals surface area contributed by atoms with Gasteiger partial charge in [0.2, 0.25) is 5.91 Å². The van der Waals surface area contributed by atoms with Gasteiger partial charge in [0.25, 0.3) is 0 Å². The van der Waals surface area contributed by atoms with Crippen LogP contribution in [0, 0.1) is 11.7 Å². The summed E-state index contributed by atoms with van der Waals surface area (Å²) in [5, 5.41) is 10.6. The van der Waals surface area contributed by atoms with Crippen molar-refractivity contribution in [2.24, 2.45) is 11.7 Å². The molecule has 3 N–H and O–H groups in total. The number of anilines is 1. The Kier molecular flexibility index (Phi) is 11.2. The summed E-state index contributed by atoms with van der Waals surface area (Å²) in [6.07, 6.45) is 4.81. The van der Waals surface area contributed by atoms with Crippen LogP contribution in [-0.2, 0) is 17.8 Å². The Morgan fingerprint density at radius 2 is 1.84 bits per heavy atom. The number of benzene rings is 2.